The van der Waals surface area contributed by atoms with Gasteiger partial charge in [0.15, 0.2) is 0 Å². The molecule has 1 N–H and O–H groups in total. The van der Waals surface area contributed by atoms with Gasteiger partial charge in [-0.1, -0.05) is 44.0 Å². The van der Waals surface area contributed by atoms with Crippen molar-refractivity contribution in [3.8, 4) is 10.6 Å². The maximum Gasteiger partial charge on any atom is 0.124 e. The van der Waals surface area contributed by atoms with E-state index in [2.05, 4.69) is 26.1 Å². The minimum Gasteiger partial charge on any atom is -0.312 e. The van der Waals surface area contributed by atoms with E-state index in [-0.39, 0.29) is 0 Å². The van der Waals surface area contributed by atoms with Crippen molar-refractivity contribution in [2.45, 2.75) is 33.7 Å². The average Bonchev–Trinajstić information content (AvgIpc) is 2.80. The Morgan fingerprint density at radius 1 is 1.19 bits per heavy atom. The molecule has 21 heavy (non-hydrogen) atoms. The van der Waals surface area contributed by atoms with Crippen LogP contribution in [0.1, 0.15) is 31.3 Å². The van der Waals surface area contributed by atoms with Crippen LogP contribution in [0.2, 0.25) is 10.0 Å². The third-order valence-corrected chi connectivity index (χ3v) is 4.64. The SMILES string of the molecule is CCc1nc(-c2cc(Cl)cc(Cl)c2)sc1CNCC(C)C. The number of rotatable bonds is 6. The fourth-order valence-electron chi connectivity index (χ4n) is 2.07. The van der Waals surface area contributed by atoms with Gasteiger partial charge in [0.1, 0.15) is 5.01 Å². The largest absolute Gasteiger partial charge is 0.312 e. The highest BCUT2D eigenvalue weighted by Gasteiger charge is 2.12. The van der Waals surface area contributed by atoms with Crippen molar-refractivity contribution >= 4 is 34.5 Å². The van der Waals surface area contributed by atoms with Crippen molar-refractivity contribution in [1.82, 2.24) is 10.3 Å². The fourth-order valence-corrected chi connectivity index (χ4v) is 3.71. The molecule has 0 saturated carbocycles. The molecule has 0 saturated heterocycles. The molecule has 0 aliphatic rings. The van der Waals surface area contributed by atoms with Crippen LogP contribution in [0.3, 0.4) is 0 Å². The number of nitrogens with zero attached hydrogens (tertiary/aromatic N) is 1. The second kappa shape index (κ2) is 7.59. The third-order valence-electron chi connectivity index (χ3n) is 3.06. The first kappa shape index (κ1) is 16.8. The maximum atomic E-state index is 6.08. The number of hydrogen-bond donors (Lipinski definition) is 1. The van der Waals surface area contributed by atoms with Crippen molar-refractivity contribution in [3.63, 3.8) is 0 Å². The van der Waals surface area contributed by atoms with Crippen LogP contribution in [0, 0.1) is 5.92 Å². The molecule has 5 heteroatoms. The van der Waals surface area contributed by atoms with Crippen molar-refractivity contribution in [2.24, 2.45) is 5.92 Å². The van der Waals surface area contributed by atoms with Crippen molar-refractivity contribution in [3.05, 3.63) is 38.8 Å². The summed E-state index contributed by atoms with van der Waals surface area (Å²) < 4.78 is 0. The molecule has 0 radical (unpaired) electrons. The molecule has 0 spiro atoms. The minimum atomic E-state index is 0.644. The summed E-state index contributed by atoms with van der Waals surface area (Å²) in [5.41, 5.74) is 2.14. The Balaban J connectivity index is 2.23. The predicted molar refractivity (Wildman–Crippen MR) is 93.5 cm³/mol. The fraction of sp³-hybridized carbons (Fsp3) is 0.438. The van der Waals surface area contributed by atoms with Crippen LogP contribution in [-0.2, 0) is 13.0 Å². The molecule has 0 fully saturated rings. The van der Waals surface area contributed by atoms with Gasteiger partial charge in [-0.05, 0) is 37.1 Å². The van der Waals surface area contributed by atoms with E-state index in [1.165, 1.54) is 4.88 Å². The molecule has 0 amide bonds. The first-order valence-electron chi connectivity index (χ1n) is 7.15. The molecule has 0 aliphatic carbocycles. The topological polar surface area (TPSA) is 24.9 Å². The van der Waals surface area contributed by atoms with E-state index in [0.717, 1.165) is 35.8 Å². The van der Waals surface area contributed by atoms with Crippen LogP contribution < -0.4 is 5.32 Å². The molecule has 0 unspecified atom stereocenters. The molecule has 0 aliphatic heterocycles. The van der Waals surface area contributed by atoms with Crippen LogP contribution >= 0.6 is 34.5 Å². The lowest BCUT2D eigenvalue weighted by atomic mass is 10.2. The Hall–Kier alpha value is -0.610. The van der Waals surface area contributed by atoms with E-state index >= 15 is 0 Å². The predicted octanol–water partition coefficient (Wildman–Crippen LogP) is 5.42. The lowest BCUT2D eigenvalue weighted by Gasteiger charge is -2.06. The highest BCUT2D eigenvalue weighted by molar-refractivity contribution is 7.15. The summed E-state index contributed by atoms with van der Waals surface area (Å²) in [4.78, 5) is 6.04. The van der Waals surface area contributed by atoms with Crippen molar-refractivity contribution in [1.29, 1.82) is 0 Å². The zero-order chi connectivity index (χ0) is 15.4. The second-order valence-corrected chi connectivity index (χ2v) is 7.38. The first-order valence-corrected chi connectivity index (χ1v) is 8.72. The molecule has 0 bridgehead atoms. The Labute approximate surface area is 140 Å². The van der Waals surface area contributed by atoms with Crippen LogP contribution in [0.25, 0.3) is 10.6 Å². The maximum absolute atomic E-state index is 6.08. The van der Waals surface area contributed by atoms with Gasteiger partial charge < -0.3 is 5.32 Å². The zero-order valence-electron chi connectivity index (χ0n) is 12.5. The molecule has 1 aromatic heterocycles. The molecule has 114 valence electrons. The number of aryl methyl sites for hydroxylation is 1. The second-order valence-electron chi connectivity index (χ2n) is 5.43. The van der Waals surface area contributed by atoms with Gasteiger partial charge in [-0.15, -0.1) is 11.3 Å². The van der Waals surface area contributed by atoms with E-state index in [9.17, 15) is 0 Å². The van der Waals surface area contributed by atoms with E-state index in [4.69, 9.17) is 28.2 Å². The van der Waals surface area contributed by atoms with Gasteiger partial charge in [-0.2, -0.15) is 0 Å². The van der Waals surface area contributed by atoms with Gasteiger partial charge in [-0.3, -0.25) is 0 Å². The Kier molecular flexibility index (Phi) is 6.06. The molecule has 2 nitrogen and oxygen atoms in total. The normalized spacial score (nSPS) is 11.3. The summed E-state index contributed by atoms with van der Waals surface area (Å²) in [5.74, 6) is 0.647. The lowest BCUT2D eigenvalue weighted by Crippen LogP contribution is -2.18. The van der Waals surface area contributed by atoms with E-state index in [1.54, 1.807) is 17.4 Å². The highest BCUT2D eigenvalue weighted by atomic mass is 35.5. The van der Waals surface area contributed by atoms with E-state index in [0.29, 0.717) is 16.0 Å². The number of hydrogen-bond acceptors (Lipinski definition) is 3. The Morgan fingerprint density at radius 3 is 2.43 bits per heavy atom. The van der Waals surface area contributed by atoms with Gasteiger partial charge in [0.2, 0.25) is 0 Å². The zero-order valence-corrected chi connectivity index (χ0v) is 14.9. The number of aromatic nitrogens is 1. The number of thiazole rings is 1. The van der Waals surface area contributed by atoms with Gasteiger partial charge >= 0.3 is 0 Å². The molecular weight excluding hydrogens is 323 g/mol. The quantitative estimate of drug-likeness (QED) is 0.757. The average molecular weight is 343 g/mol. The number of nitrogens with one attached hydrogen (secondary N) is 1. The summed E-state index contributed by atoms with van der Waals surface area (Å²) in [6, 6.07) is 5.57. The van der Waals surface area contributed by atoms with Gasteiger partial charge in [0.05, 0.1) is 5.69 Å². The molecule has 1 aromatic carbocycles. The summed E-state index contributed by atoms with van der Waals surface area (Å²) >= 11 is 13.9. The molecule has 2 rings (SSSR count). The smallest absolute Gasteiger partial charge is 0.124 e. The molecule has 0 atom stereocenters. The van der Waals surface area contributed by atoms with E-state index in [1.807, 2.05) is 12.1 Å². The Bertz CT molecular complexity index is 588. The summed E-state index contributed by atoms with van der Waals surface area (Å²) in [6.45, 7) is 8.43. The number of halogens is 2. The summed E-state index contributed by atoms with van der Waals surface area (Å²) in [6.07, 6.45) is 0.934. The standard InChI is InChI=1S/C16H20Cl2N2S/c1-4-14-15(9-19-8-10(2)3)21-16(20-14)11-5-12(17)7-13(18)6-11/h5-7,10,19H,4,8-9H2,1-3H3. The van der Waals surface area contributed by atoms with Gasteiger partial charge in [0, 0.05) is 27.0 Å². The lowest BCUT2D eigenvalue weighted by molar-refractivity contribution is 0.553. The highest BCUT2D eigenvalue weighted by Crippen LogP contribution is 2.32. The molecule has 2 aromatic rings. The van der Waals surface area contributed by atoms with Gasteiger partial charge in [0.25, 0.3) is 0 Å². The van der Waals surface area contributed by atoms with Crippen LogP contribution in [0.5, 0.6) is 0 Å². The third kappa shape index (κ3) is 4.68. The summed E-state index contributed by atoms with van der Waals surface area (Å²) in [7, 11) is 0. The number of benzene rings is 1. The Morgan fingerprint density at radius 2 is 1.86 bits per heavy atom. The monoisotopic (exact) mass is 342 g/mol. The van der Waals surface area contributed by atoms with Crippen LogP contribution in [0.4, 0.5) is 0 Å². The van der Waals surface area contributed by atoms with Crippen molar-refractivity contribution < 1.29 is 0 Å². The molecule has 1 heterocycles. The molecular formula is C16H20Cl2N2S. The van der Waals surface area contributed by atoms with Crippen LogP contribution in [-0.4, -0.2) is 11.5 Å². The van der Waals surface area contributed by atoms with Crippen molar-refractivity contribution in [2.75, 3.05) is 6.54 Å². The minimum absolute atomic E-state index is 0.644. The first-order chi connectivity index (χ1) is 9.99. The van der Waals surface area contributed by atoms with E-state index < -0.39 is 0 Å². The van der Waals surface area contributed by atoms with Crippen LogP contribution in [0.15, 0.2) is 18.2 Å². The summed E-state index contributed by atoms with van der Waals surface area (Å²) in [5, 5.41) is 5.75. The van der Waals surface area contributed by atoms with Gasteiger partial charge in [-0.25, -0.2) is 4.98 Å².